The van der Waals surface area contributed by atoms with Gasteiger partial charge in [-0.2, -0.15) is 9.97 Å². The molecule has 8 nitrogen and oxygen atoms in total. The van der Waals surface area contributed by atoms with Crippen LogP contribution in [0.5, 0.6) is 11.8 Å². The molecule has 2 fully saturated rings. The number of ether oxygens (including phenoxy) is 1. The summed E-state index contributed by atoms with van der Waals surface area (Å²) in [5.41, 5.74) is 0.822. The van der Waals surface area contributed by atoms with Crippen LogP contribution in [0.3, 0.4) is 0 Å². The van der Waals surface area contributed by atoms with Gasteiger partial charge in [0.25, 0.3) is 0 Å². The van der Waals surface area contributed by atoms with Crippen LogP contribution in [0.1, 0.15) is 69.5 Å². The summed E-state index contributed by atoms with van der Waals surface area (Å²) in [4.78, 5) is 16.8. The van der Waals surface area contributed by atoms with Gasteiger partial charge >= 0.3 is 6.01 Å². The van der Waals surface area contributed by atoms with E-state index in [9.17, 15) is 9.50 Å². The minimum atomic E-state index is -0.701. The molecule has 240 valence electrons. The molecule has 46 heavy (non-hydrogen) atoms. The maximum Gasteiger partial charge on any atom is 0.319 e. The van der Waals surface area contributed by atoms with Crippen LogP contribution >= 0.6 is 0 Å². The summed E-state index contributed by atoms with van der Waals surface area (Å²) in [6.07, 6.45) is 14.6. The van der Waals surface area contributed by atoms with E-state index >= 15 is 4.39 Å². The molecule has 0 saturated carbocycles. The first-order valence-electron chi connectivity index (χ1n) is 16.6. The Morgan fingerprint density at radius 1 is 1.13 bits per heavy atom. The predicted molar refractivity (Wildman–Crippen MR) is 176 cm³/mol. The van der Waals surface area contributed by atoms with Crippen LogP contribution < -0.4 is 15.4 Å². The van der Waals surface area contributed by atoms with Gasteiger partial charge in [0.2, 0.25) is 0 Å². The Hall–Kier alpha value is -4.07. The van der Waals surface area contributed by atoms with Gasteiger partial charge in [0.15, 0.2) is 5.82 Å². The second-order valence-corrected chi connectivity index (χ2v) is 13.0. The molecule has 3 N–H and O–H groups in total. The Morgan fingerprint density at radius 2 is 1.96 bits per heavy atom. The van der Waals surface area contributed by atoms with Crippen molar-refractivity contribution in [1.82, 2.24) is 25.2 Å². The van der Waals surface area contributed by atoms with Gasteiger partial charge in [-0.1, -0.05) is 25.3 Å². The average molecular weight is 627 g/mol. The van der Waals surface area contributed by atoms with Crippen molar-refractivity contribution in [3.8, 4) is 35.4 Å². The maximum absolute atomic E-state index is 16.9. The quantitative estimate of drug-likeness (QED) is 0.147. The van der Waals surface area contributed by atoms with Gasteiger partial charge in [-0.05, 0) is 94.6 Å². The number of aromatic nitrogens is 3. The van der Waals surface area contributed by atoms with E-state index < -0.39 is 11.6 Å². The number of nitrogens with one attached hydrogen (secondary N) is 2. The van der Waals surface area contributed by atoms with Crippen molar-refractivity contribution in [2.45, 2.75) is 76.3 Å². The van der Waals surface area contributed by atoms with Crippen LogP contribution in [-0.4, -0.2) is 69.3 Å². The predicted octanol–water partition coefficient (Wildman–Crippen LogP) is 6.32. The summed E-state index contributed by atoms with van der Waals surface area (Å²) in [5, 5.41) is 19.1. The van der Waals surface area contributed by atoms with E-state index in [0.717, 1.165) is 77.5 Å². The first-order valence-corrected chi connectivity index (χ1v) is 16.6. The van der Waals surface area contributed by atoms with Crippen molar-refractivity contribution in [2.24, 2.45) is 0 Å². The summed E-state index contributed by atoms with van der Waals surface area (Å²) >= 11 is 0. The van der Waals surface area contributed by atoms with Crippen molar-refractivity contribution in [1.29, 1.82) is 0 Å². The van der Waals surface area contributed by atoms with E-state index in [-0.39, 0.29) is 45.7 Å². The van der Waals surface area contributed by atoms with Crippen LogP contribution in [-0.2, 0) is 6.42 Å². The number of benzene rings is 2. The Bertz CT molecular complexity index is 1830. The molecule has 5 heterocycles. The fraction of sp³-hybridized carbons (Fsp3) is 0.472. The Morgan fingerprint density at radius 3 is 2.74 bits per heavy atom. The molecule has 3 aliphatic rings. The van der Waals surface area contributed by atoms with Crippen LogP contribution in [0, 0.1) is 24.0 Å². The first kappa shape index (κ1) is 30.6. The molecule has 1 atom stereocenters. The zero-order chi connectivity index (χ0) is 31.8. The zero-order valence-corrected chi connectivity index (χ0v) is 26.3. The SMILES string of the molecule is C#Cc1c(F)ccc2cc(O)cc(-c3nc4c5c(nc(OCC67CCCN6CCC7)nc5c3F)NC(CNCCCC)CCC4)c12. The van der Waals surface area contributed by atoms with Crippen LogP contribution in [0.2, 0.25) is 0 Å². The second-order valence-electron chi connectivity index (χ2n) is 13.0. The summed E-state index contributed by atoms with van der Waals surface area (Å²) < 4.78 is 38.2. The number of phenols is 1. The fourth-order valence-electron chi connectivity index (χ4n) is 7.68. The monoisotopic (exact) mass is 626 g/mol. The van der Waals surface area contributed by atoms with Crippen molar-refractivity contribution < 1.29 is 18.6 Å². The number of rotatable bonds is 9. The molecule has 2 aromatic carbocycles. The van der Waals surface area contributed by atoms with Crippen molar-refractivity contribution in [3.63, 3.8) is 0 Å². The summed E-state index contributed by atoms with van der Waals surface area (Å²) in [5.74, 6) is 1.51. The third-order valence-electron chi connectivity index (χ3n) is 9.98. The fourth-order valence-corrected chi connectivity index (χ4v) is 7.68. The summed E-state index contributed by atoms with van der Waals surface area (Å²) in [6.45, 7) is 6.41. The number of hydrogen-bond donors (Lipinski definition) is 3. The van der Waals surface area contributed by atoms with E-state index in [0.29, 0.717) is 40.7 Å². The second kappa shape index (κ2) is 12.6. The molecule has 4 aromatic rings. The van der Waals surface area contributed by atoms with Crippen LogP contribution in [0.15, 0.2) is 24.3 Å². The van der Waals surface area contributed by atoms with Gasteiger partial charge in [-0.3, -0.25) is 4.90 Å². The number of aryl methyl sites for hydroxylation is 1. The number of halogens is 2. The first-order chi connectivity index (χ1) is 22.4. The van der Waals surface area contributed by atoms with Gasteiger partial charge in [-0.25, -0.2) is 13.8 Å². The molecule has 0 bridgehead atoms. The van der Waals surface area contributed by atoms with Gasteiger partial charge in [-0.15, -0.1) is 6.42 Å². The summed E-state index contributed by atoms with van der Waals surface area (Å²) in [7, 11) is 0. The highest BCUT2D eigenvalue weighted by Crippen LogP contribution is 2.42. The number of phenolic OH excluding ortho intramolecular Hbond substituents is 1. The molecule has 2 saturated heterocycles. The molecular weight excluding hydrogens is 586 g/mol. The van der Waals surface area contributed by atoms with Crippen molar-refractivity contribution in [3.05, 3.63) is 47.2 Å². The van der Waals surface area contributed by atoms with Gasteiger partial charge in [0, 0.05) is 23.5 Å². The number of hydrogen-bond acceptors (Lipinski definition) is 8. The lowest BCUT2D eigenvalue weighted by molar-refractivity contribution is 0.108. The standard InChI is InChI=1S/C36H40F2N6O2/c1-3-5-15-39-20-23-9-6-10-28-30-33(42-35(43-34(30)40-23)46-21-36-13-7-16-44(36)17-8-14-36)31(38)32(41-28)26-19-24(45)18-22-11-12-27(37)25(4-2)29(22)26/h2,11-12,18-19,23,39,45H,3,5-10,13-17,20-21H2,1H3,(H,40,42,43). The molecule has 0 aliphatic carbocycles. The van der Waals surface area contributed by atoms with Gasteiger partial charge in [0.1, 0.15) is 35.2 Å². The lowest BCUT2D eigenvalue weighted by atomic mass is 9.94. The topological polar surface area (TPSA) is 95.4 Å². The van der Waals surface area contributed by atoms with Gasteiger partial charge in [0.05, 0.1) is 22.2 Å². The molecular formula is C36H40F2N6O2. The number of aromatic hydroxyl groups is 1. The van der Waals surface area contributed by atoms with Gasteiger partial charge < -0.3 is 20.5 Å². The number of nitrogens with zero attached hydrogens (tertiary/aromatic N) is 4. The van der Waals surface area contributed by atoms with Crippen LogP contribution in [0.25, 0.3) is 32.9 Å². The molecule has 0 spiro atoms. The summed E-state index contributed by atoms with van der Waals surface area (Å²) in [6, 6.07) is 5.83. The minimum absolute atomic E-state index is 0.0131. The molecule has 0 radical (unpaired) electrons. The largest absolute Gasteiger partial charge is 0.508 e. The molecule has 7 rings (SSSR count). The van der Waals surface area contributed by atoms with Crippen LogP contribution in [0.4, 0.5) is 14.6 Å². The number of anilines is 1. The lowest BCUT2D eigenvalue weighted by Gasteiger charge is -2.31. The zero-order valence-electron chi connectivity index (χ0n) is 26.3. The van der Waals surface area contributed by atoms with E-state index in [4.69, 9.17) is 21.1 Å². The van der Waals surface area contributed by atoms with Crippen molar-refractivity contribution >= 4 is 27.5 Å². The number of terminal acetylenes is 1. The Balaban J connectivity index is 1.37. The Labute approximate surface area is 268 Å². The molecule has 10 heteroatoms. The maximum atomic E-state index is 16.9. The molecule has 3 aliphatic heterocycles. The van der Waals surface area contributed by atoms with E-state index in [1.807, 2.05) is 0 Å². The highest BCUT2D eigenvalue weighted by atomic mass is 19.1. The molecule has 1 unspecified atom stereocenters. The normalized spacial score (nSPS) is 19.0. The highest BCUT2D eigenvalue weighted by Gasteiger charge is 2.45. The van der Waals surface area contributed by atoms with E-state index in [1.54, 1.807) is 0 Å². The van der Waals surface area contributed by atoms with Crippen molar-refractivity contribution in [2.75, 3.05) is 38.1 Å². The number of fused-ring (bicyclic) bond motifs is 2. The average Bonchev–Trinajstić information content (AvgIpc) is 3.62. The third kappa shape index (κ3) is 5.50. The highest BCUT2D eigenvalue weighted by molar-refractivity contribution is 6.03. The van der Waals surface area contributed by atoms with E-state index in [2.05, 4.69) is 33.4 Å². The smallest absolute Gasteiger partial charge is 0.319 e. The third-order valence-corrected chi connectivity index (χ3v) is 9.98. The molecule has 2 aromatic heterocycles. The minimum Gasteiger partial charge on any atom is -0.508 e. The molecule has 0 amide bonds. The van der Waals surface area contributed by atoms with E-state index in [1.165, 1.54) is 24.3 Å². The number of pyridine rings is 1. The lowest BCUT2D eigenvalue weighted by Crippen LogP contribution is -2.43. The number of unbranched alkanes of at least 4 members (excludes halogenated alkanes) is 1. The Kier molecular flexibility index (Phi) is 8.38.